The predicted molar refractivity (Wildman–Crippen MR) is 71.2 cm³/mol. The second-order valence-corrected chi connectivity index (χ2v) is 3.94. The number of nitrogens with zero attached hydrogens (tertiary/aromatic N) is 1. The maximum atomic E-state index is 11.7. The molecule has 0 atom stereocenters. The lowest BCUT2D eigenvalue weighted by Crippen LogP contribution is -2.19. The summed E-state index contributed by atoms with van der Waals surface area (Å²) in [4.78, 5) is 11.7. The Balaban J connectivity index is 2.53. The Morgan fingerprint density at radius 1 is 1.24 bits per heavy atom. The number of hydrogen-bond donors (Lipinski definition) is 1. The molecule has 0 aliphatic carbocycles. The molecule has 17 heavy (non-hydrogen) atoms. The van der Waals surface area contributed by atoms with Crippen molar-refractivity contribution < 1.29 is 4.79 Å². The van der Waals surface area contributed by atoms with E-state index in [4.69, 9.17) is 0 Å². The predicted octanol–water partition coefficient (Wildman–Crippen LogP) is 3.37. The zero-order chi connectivity index (χ0) is 12.5. The third-order valence-corrected chi connectivity index (χ3v) is 2.58. The molecule has 0 aromatic heterocycles. The number of benzene rings is 1. The van der Waals surface area contributed by atoms with Crippen molar-refractivity contribution in [3.8, 4) is 0 Å². The molecule has 0 unspecified atom stereocenters. The van der Waals surface area contributed by atoms with Crippen molar-refractivity contribution in [2.75, 3.05) is 0 Å². The Hall–Kier alpha value is -1.64. The Bertz CT molecular complexity index is 371. The van der Waals surface area contributed by atoms with Crippen LogP contribution in [-0.4, -0.2) is 11.6 Å². The molecule has 1 amide bonds. The van der Waals surface area contributed by atoms with E-state index in [1.54, 1.807) is 12.1 Å². The molecule has 92 valence electrons. The van der Waals surface area contributed by atoms with Gasteiger partial charge in [-0.2, -0.15) is 5.10 Å². The van der Waals surface area contributed by atoms with Crippen LogP contribution in [-0.2, 0) is 0 Å². The Kier molecular flexibility index (Phi) is 6.00. The molecule has 1 N–H and O–H groups in total. The summed E-state index contributed by atoms with van der Waals surface area (Å²) in [5.41, 5.74) is 4.30. The minimum atomic E-state index is -0.145. The van der Waals surface area contributed by atoms with Gasteiger partial charge < -0.3 is 0 Å². The lowest BCUT2D eigenvalue weighted by Gasteiger charge is -2.04. The summed E-state index contributed by atoms with van der Waals surface area (Å²) < 4.78 is 0. The van der Waals surface area contributed by atoms with Crippen molar-refractivity contribution in [3.63, 3.8) is 0 Å². The molecular weight excluding hydrogens is 212 g/mol. The average Bonchev–Trinajstić information content (AvgIpc) is 2.39. The third kappa shape index (κ3) is 4.81. The van der Waals surface area contributed by atoms with Crippen LogP contribution >= 0.6 is 0 Å². The normalized spacial score (nSPS) is 11.3. The summed E-state index contributed by atoms with van der Waals surface area (Å²) in [7, 11) is 0. The van der Waals surface area contributed by atoms with Gasteiger partial charge in [0.15, 0.2) is 0 Å². The third-order valence-electron chi connectivity index (χ3n) is 2.58. The molecule has 3 heteroatoms. The number of nitrogens with one attached hydrogen (secondary N) is 1. The maximum absolute atomic E-state index is 11.7. The monoisotopic (exact) mass is 232 g/mol. The fraction of sp³-hybridized carbons (Fsp3) is 0.429. The quantitative estimate of drug-likeness (QED) is 0.593. The van der Waals surface area contributed by atoms with Crippen LogP contribution in [0.3, 0.4) is 0 Å². The van der Waals surface area contributed by atoms with Gasteiger partial charge in [0.2, 0.25) is 0 Å². The van der Waals surface area contributed by atoms with E-state index in [2.05, 4.69) is 24.4 Å². The zero-order valence-corrected chi connectivity index (χ0v) is 10.6. The van der Waals surface area contributed by atoms with Gasteiger partial charge in [0.05, 0.1) is 0 Å². The molecule has 0 aliphatic heterocycles. The largest absolute Gasteiger partial charge is 0.271 e. The highest BCUT2D eigenvalue weighted by Crippen LogP contribution is 2.01. The van der Waals surface area contributed by atoms with Crippen molar-refractivity contribution in [1.82, 2.24) is 5.43 Å². The number of hydrazone groups is 1. The van der Waals surface area contributed by atoms with Crippen molar-refractivity contribution in [1.29, 1.82) is 0 Å². The highest BCUT2D eigenvalue weighted by atomic mass is 16.2. The smallest absolute Gasteiger partial charge is 0.267 e. The van der Waals surface area contributed by atoms with Gasteiger partial charge in [-0.05, 0) is 31.4 Å². The number of hydrogen-bond acceptors (Lipinski definition) is 2. The number of unbranched alkanes of at least 4 members (excludes halogenated alkanes) is 1. The first-order valence-corrected chi connectivity index (χ1v) is 6.18. The zero-order valence-electron chi connectivity index (χ0n) is 10.6. The van der Waals surface area contributed by atoms with Gasteiger partial charge in [0, 0.05) is 11.3 Å². The summed E-state index contributed by atoms with van der Waals surface area (Å²) in [6, 6.07) is 9.14. The molecule has 1 aromatic carbocycles. The van der Waals surface area contributed by atoms with Crippen LogP contribution < -0.4 is 5.43 Å². The first kappa shape index (κ1) is 13.4. The minimum Gasteiger partial charge on any atom is -0.267 e. The molecule has 1 rings (SSSR count). The van der Waals surface area contributed by atoms with Crippen molar-refractivity contribution in [2.45, 2.75) is 39.5 Å². The standard InChI is InChI=1S/C14H20N2O/c1-3-5-11-13(4-2)15-16-14(17)12-9-7-6-8-10-12/h6-10H,3-5,11H2,1-2H3,(H,16,17)/b15-13+. The van der Waals surface area contributed by atoms with E-state index in [0.29, 0.717) is 5.56 Å². The number of carbonyl (C=O) groups is 1. The lowest BCUT2D eigenvalue weighted by atomic mass is 10.1. The summed E-state index contributed by atoms with van der Waals surface area (Å²) in [5.74, 6) is -0.145. The fourth-order valence-electron chi connectivity index (χ4n) is 1.48. The highest BCUT2D eigenvalue weighted by molar-refractivity contribution is 5.95. The Labute approximate surface area is 103 Å². The van der Waals surface area contributed by atoms with Crippen molar-refractivity contribution in [3.05, 3.63) is 35.9 Å². The van der Waals surface area contributed by atoms with Gasteiger partial charge in [-0.25, -0.2) is 5.43 Å². The first-order chi connectivity index (χ1) is 8.27. The average molecular weight is 232 g/mol. The van der Waals surface area contributed by atoms with Gasteiger partial charge in [0.25, 0.3) is 5.91 Å². The van der Waals surface area contributed by atoms with Crippen LogP contribution in [0.1, 0.15) is 49.9 Å². The summed E-state index contributed by atoms with van der Waals surface area (Å²) >= 11 is 0. The second kappa shape index (κ2) is 7.60. The van der Waals surface area contributed by atoms with Gasteiger partial charge in [0.1, 0.15) is 0 Å². The van der Waals surface area contributed by atoms with Crippen LogP contribution in [0.4, 0.5) is 0 Å². The van der Waals surface area contributed by atoms with Crippen LogP contribution in [0.15, 0.2) is 35.4 Å². The van der Waals surface area contributed by atoms with E-state index in [1.807, 2.05) is 18.2 Å². The first-order valence-electron chi connectivity index (χ1n) is 6.18. The van der Waals surface area contributed by atoms with Gasteiger partial charge in [-0.15, -0.1) is 0 Å². The lowest BCUT2D eigenvalue weighted by molar-refractivity contribution is 0.0954. The van der Waals surface area contributed by atoms with Gasteiger partial charge in [-0.1, -0.05) is 38.5 Å². The Morgan fingerprint density at radius 2 is 1.94 bits per heavy atom. The molecule has 0 saturated heterocycles. The molecule has 0 heterocycles. The molecule has 0 fully saturated rings. The molecule has 0 spiro atoms. The van der Waals surface area contributed by atoms with E-state index in [0.717, 1.165) is 31.4 Å². The van der Waals surface area contributed by atoms with Crippen LogP contribution in [0.2, 0.25) is 0 Å². The Morgan fingerprint density at radius 3 is 2.53 bits per heavy atom. The minimum absolute atomic E-state index is 0.145. The van der Waals surface area contributed by atoms with Crippen LogP contribution in [0.25, 0.3) is 0 Å². The van der Waals surface area contributed by atoms with Crippen molar-refractivity contribution in [2.24, 2.45) is 5.10 Å². The number of rotatable bonds is 6. The summed E-state index contributed by atoms with van der Waals surface area (Å²) in [6.45, 7) is 4.21. The summed E-state index contributed by atoms with van der Waals surface area (Å²) in [5, 5.41) is 4.17. The molecule has 0 radical (unpaired) electrons. The molecule has 0 saturated carbocycles. The number of carbonyl (C=O) groups excluding carboxylic acids is 1. The second-order valence-electron chi connectivity index (χ2n) is 3.94. The maximum Gasteiger partial charge on any atom is 0.271 e. The topological polar surface area (TPSA) is 41.5 Å². The van der Waals surface area contributed by atoms with Crippen molar-refractivity contribution >= 4 is 11.6 Å². The summed E-state index contributed by atoms with van der Waals surface area (Å²) in [6.07, 6.45) is 4.11. The van der Waals surface area contributed by atoms with E-state index < -0.39 is 0 Å². The molecule has 3 nitrogen and oxygen atoms in total. The van der Waals surface area contributed by atoms with E-state index >= 15 is 0 Å². The highest BCUT2D eigenvalue weighted by Gasteiger charge is 2.03. The van der Waals surface area contributed by atoms with Gasteiger partial charge in [-0.3, -0.25) is 4.79 Å². The SMILES string of the molecule is CCCC/C(CC)=N/NC(=O)c1ccccc1. The van der Waals surface area contributed by atoms with Crippen LogP contribution in [0, 0.1) is 0 Å². The molecule has 0 aliphatic rings. The number of amides is 1. The van der Waals surface area contributed by atoms with Crippen LogP contribution in [0.5, 0.6) is 0 Å². The molecule has 1 aromatic rings. The molecule has 0 bridgehead atoms. The molecular formula is C14H20N2O. The fourth-order valence-corrected chi connectivity index (χ4v) is 1.48. The van der Waals surface area contributed by atoms with E-state index in [-0.39, 0.29) is 5.91 Å². The van der Waals surface area contributed by atoms with E-state index in [9.17, 15) is 4.79 Å². The van der Waals surface area contributed by atoms with E-state index in [1.165, 1.54) is 0 Å². The van der Waals surface area contributed by atoms with Gasteiger partial charge >= 0.3 is 0 Å².